The minimum absolute atomic E-state index is 0.173. The fourth-order valence-electron chi connectivity index (χ4n) is 1.48. The molecule has 0 atom stereocenters. The lowest BCUT2D eigenvalue weighted by Gasteiger charge is -2.24. The monoisotopic (exact) mass is 316 g/mol. The molecule has 6 nitrogen and oxygen atoms in total. The molecule has 0 bridgehead atoms. The number of ether oxygens (including phenoxy) is 2. The predicted octanol–water partition coefficient (Wildman–Crippen LogP) is 2.26. The molecule has 7 heteroatoms. The van der Waals surface area contributed by atoms with Crippen molar-refractivity contribution in [2.24, 2.45) is 0 Å². The van der Waals surface area contributed by atoms with E-state index >= 15 is 0 Å². The van der Waals surface area contributed by atoms with Crippen LogP contribution in [-0.2, 0) is 4.74 Å². The number of hydrogen-bond acceptors (Lipinski definition) is 4. The van der Waals surface area contributed by atoms with Crippen LogP contribution in [0.1, 0.15) is 13.8 Å². The van der Waals surface area contributed by atoms with E-state index in [1.165, 1.54) is 0 Å². The van der Waals surface area contributed by atoms with Crippen LogP contribution in [0.5, 0.6) is 5.75 Å². The number of aliphatic hydroxyl groups excluding tert-OH is 1. The minimum Gasteiger partial charge on any atom is -0.487 e. The highest BCUT2D eigenvalue weighted by Crippen LogP contribution is 2.32. The van der Waals surface area contributed by atoms with Gasteiger partial charge < -0.3 is 25.2 Å². The number of rotatable bonds is 7. The quantitative estimate of drug-likeness (QED) is 0.674. The molecular weight excluding hydrogens is 296 g/mol. The van der Waals surface area contributed by atoms with Crippen LogP contribution in [0.25, 0.3) is 0 Å². The molecule has 0 saturated carbocycles. The number of carbonyl (C=O) groups is 1. The zero-order valence-corrected chi connectivity index (χ0v) is 13.2. The molecule has 1 aromatic rings. The Bertz CT molecular complexity index is 480. The van der Waals surface area contributed by atoms with Crippen LogP contribution in [0, 0.1) is 0 Å². The molecule has 0 aromatic heterocycles. The average molecular weight is 317 g/mol. The normalized spacial score (nSPS) is 11.1. The Labute approximate surface area is 129 Å². The number of para-hydroxylation sites is 1. The Hall–Kier alpha value is -1.50. The van der Waals surface area contributed by atoms with Crippen molar-refractivity contribution >= 4 is 23.3 Å². The first kappa shape index (κ1) is 17.6. The molecule has 1 aromatic carbocycles. The number of amides is 2. The molecule has 0 aliphatic carbocycles. The van der Waals surface area contributed by atoms with Gasteiger partial charge in [-0.25, -0.2) is 4.79 Å². The maximum atomic E-state index is 11.9. The number of hydrogen-bond donors (Lipinski definition) is 3. The second-order valence-corrected chi connectivity index (χ2v) is 5.49. The van der Waals surface area contributed by atoms with Crippen LogP contribution >= 0.6 is 11.6 Å². The Morgan fingerprint density at radius 2 is 2.10 bits per heavy atom. The summed E-state index contributed by atoms with van der Waals surface area (Å²) in [6, 6.07) is 4.61. The van der Waals surface area contributed by atoms with Crippen LogP contribution in [0.3, 0.4) is 0 Å². The zero-order valence-electron chi connectivity index (χ0n) is 12.4. The van der Waals surface area contributed by atoms with Gasteiger partial charge in [-0.3, -0.25) is 0 Å². The van der Waals surface area contributed by atoms with E-state index in [9.17, 15) is 4.79 Å². The summed E-state index contributed by atoms with van der Waals surface area (Å²) in [7, 11) is 1.57. The molecule has 118 valence electrons. The summed E-state index contributed by atoms with van der Waals surface area (Å²) < 4.78 is 10.4. The lowest BCUT2D eigenvalue weighted by Crippen LogP contribution is -2.48. The number of methoxy groups -OCH3 is 1. The Morgan fingerprint density at radius 1 is 1.38 bits per heavy atom. The topological polar surface area (TPSA) is 79.8 Å². The Morgan fingerprint density at radius 3 is 2.71 bits per heavy atom. The number of carbonyl (C=O) groups excluding carboxylic acids is 1. The van der Waals surface area contributed by atoms with Crippen LogP contribution in [0.4, 0.5) is 10.5 Å². The molecule has 0 spiro atoms. The van der Waals surface area contributed by atoms with Gasteiger partial charge in [-0.1, -0.05) is 17.7 Å². The van der Waals surface area contributed by atoms with Gasteiger partial charge in [0.2, 0.25) is 0 Å². The van der Waals surface area contributed by atoms with Gasteiger partial charge in [-0.2, -0.15) is 0 Å². The second-order valence-electron chi connectivity index (χ2n) is 5.08. The molecule has 21 heavy (non-hydrogen) atoms. The van der Waals surface area contributed by atoms with Crippen molar-refractivity contribution in [1.82, 2.24) is 5.32 Å². The lowest BCUT2D eigenvalue weighted by atomic mass is 10.1. The fourth-order valence-corrected chi connectivity index (χ4v) is 1.71. The van der Waals surface area contributed by atoms with E-state index < -0.39 is 11.6 Å². The SMILES string of the molecule is COCCOc1c(Cl)cccc1NC(=O)NC(C)(C)CO. The molecule has 0 unspecified atom stereocenters. The van der Waals surface area contributed by atoms with Crippen LogP contribution < -0.4 is 15.4 Å². The second kappa shape index (κ2) is 8.07. The summed E-state index contributed by atoms with van der Waals surface area (Å²) in [4.78, 5) is 11.9. The first-order valence-corrected chi connectivity index (χ1v) is 6.87. The molecule has 1 rings (SSSR count). The predicted molar refractivity (Wildman–Crippen MR) is 82.1 cm³/mol. The molecule has 2 amide bonds. The minimum atomic E-state index is -0.722. The van der Waals surface area contributed by atoms with Crippen molar-refractivity contribution in [3.8, 4) is 5.75 Å². The number of halogens is 1. The third-order valence-corrected chi connectivity index (χ3v) is 2.89. The lowest BCUT2D eigenvalue weighted by molar-refractivity contribution is 0.146. The number of urea groups is 1. The zero-order chi connectivity index (χ0) is 15.9. The van der Waals surface area contributed by atoms with Gasteiger partial charge in [-0.15, -0.1) is 0 Å². The van der Waals surface area contributed by atoms with E-state index in [4.69, 9.17) is 26.2 Å². The van der Waals surface area contributed by atoms with Crippen LogP contribution in [-0.4, -0.2) is 43.6 Å². The van der Waals surface area contributed by atoms with Gasteiger partial charge in [0, 0.05) is 7.11 Å². The highest BCUT2D eigenvalue weighted by molar-refractivity contribution is 6.32. The maximum Gasteiger partial charge on any atom is 0.319 e. The van der Waals surface area contributed by atoms with Gasteiger partial charge in [0.05, 0.1) is 29.5 Å². The van der Waals surface area contributed by atoms with E-state index in [0.29, 0.717) is 29.7 Å². The summed E-state index contributed by atoms with van der Waals surface area (Å²) in [5.41, 5.74) is -0.274. The summed E-state index contributed by atoms with van der Waals surface area (Å²) in [6.45, 7) is 3.97. The van der Waals surface area contributed by atoms with Gasteiger partial charge in [0.1, 0.15) is 6.61 Å². The Kier molecular flexibility index (Phi) is 6.74. The average Bonchev–Trinajstić information content (AvgIpc) is 2.41. The molecule has 0 saturated heterocycles. The van der Waals surface area contributed by atoms with Crippen molar-refractivity contribution in [2.45, 2.75) is 19.4 Å². The highest BCUT2D eigenvalue weighted by Gasteiger charge is 2.20. The number of benzene rings is 1. The first-order valence-electron chi connectivity index (χ1n) is 6.50. The first-order chi connectivity index (χ1) is 9.89. The number of aliphatic hydroxyl groups is 1. The molecule has 0 fully saturated rings. The van der Waals surface area contributed by atoms with E-state index in [-0.39, 0.29) is 6.61 Å². The van der Waals surface area contributed by atoms with Gasteiger partial charge in [0.15, 0.2) is 5.75 Å². The van der Waals surface area contributed by atoms with Crippen LogP contribution in [0.2, 0.25) is 5.02 Å². The fraction of sp³-hybridized carbons (Fsp3) is 0.500. The Balaban J connectivity index is 2.78. The summed E-state index contributed by atoms with van der Waals surface area (Å²) in [5.74, 6) is 0.383. The summed E-state index contributed by atoms with van der Waals surface area (Å²) in [5, 5.41) is 14.8. The molecule has 3 N–H and O–H groups in total. The molecule has 0 radical (unpaired) electrons. The standard InChI is InChI=1S/C14H21ClN2O4/c1-14(2,9-18)17-13(19)16-11-6-4-5-10(15)12(11)21-8-7-20-3/h4-6,18H,7-9H2,1-3H3,(H2,16,17,19). The number of nitrogens with one attached hydrogen (secondary N) is 2. The van der Waals surface area contributed by atoms with E-state index in [1.54, 1.807) is 39.2 Å². The van der Waals surface area contributed by atoms with Gasteiger partial charge in [-0.05, 0) is 26.0 Å². The van der Waals surface area contributed by atoms with Crippen molar-refractivity contribution in [2.75, 3.05) is 32.2 Å². The van der Waals surface area contributed by atoms with E-state index in [1.807, 2.05) is 0 Å². The van der Waals surface area contributed by atoms with E-state index in [0.717, 1.165) is 0 Å². The van der Waals surface area contributed by atoms with Gasteiger partial charge >= 0.3 is 6.03 Å². The molecule has 0 aliphatic rings. The third-order valence-electron chi connectivity index (χ3n) is 2.60. The summed E-state index contributed by atoms with van der Waals surface area (Å²) >= 11 is 6.07. The maximum absolute atomic E-state index is 11.9. The highest BCUT2D eigenvalue weighted by atomic mass is 35.5. The molecular formula is C14H21ClN2O4. The number of anilines is 1. The van der Waals surface area contributed by atoms with Crippen molar-refractivity contribution < 1.29 is 19.4 Å². The van der Waals surface area contributed by atoms with Crippen LogP contribution in [0.15, 0.2) is 18.2 Å². The largest absolute Gasteiger partial charge is 0.487 e. The van der Waals surface area contributed by atoms with Crippen molar-refractivity contribution in [1.29, 1.82) is 0 Å². The van der Waals surface area contributed by atoms with E-state index in [2.05, 4.69) is 10.6 Å². The molecule has 0 heterocycles. The smallest absolute Gasteiger partial charge is 0.319 e. The van der Waals surface area contributed by atoms with Crippen molar-refractivity contribution in [3.05, 3.63) is 23.2 Å². The summed E-state index contributed by atoms with van der Waals surface area (Å²) in [6.07, 6.45) is 0. The third kappa shape index (κ3) is 5.79. The van der Waals surface area contributed by atoms with Gasteiger partial charge in [0.25, 0.3) is 0 Å². The molecule has 0 aliphatic heterocycles. The van der Waals surface area contributed by atoms with Crippen molar-refractivity contribution in [3.63, 3.8) is 0 Å².